The average molecular weight is 492 g/mol. The number of nitrogens with zero attached hydrogens (tertiary/aromatic N) is 2. The summed E-state index contributed by atoms with van der Waals surface area (Å²) in [5.74, 6) is -1.44. The number of aliphatic imine (C=N–C) groups is 1. The minimum atomic E-state index is -0.894. The highest BCUT2D eigenvalue weighted by Gasteiger charge is 2.39. The Labute approximate surface area is 199 Å². The highest BCUT2D eigenvalue weighted by atomic mass is 35.5. The van der Waals surface area contributed by atoms with E-state index in [0.29, 0.717) is 28.5 Å². The largest absolute Gasteiger partial charge is 0.469 e. The zero-order valence-electron chi connectivity index (χ0n) is 18.1. The molecule has 33 heavy (non-hydrogen) atoms. The van der Waals surface area contributed by atoms with Gasteiger partial charge in [-0.15, -0.1) is 11.3 Å². The number of carbonyl (C=O) groups excluding carboxylic acids is 2. The number of hydrogen-bond acceptors (Lipinski definition) is 8. The molecule has 0 amide bonds. The van der Waals surface area contributed by atoms with Crippen molar-refractivity contribution in [2.45, 2.75) is 31.7 Å². The lowest BCUT2D eigenvalue weighted by Crippen LogP contribution is -2.38. The van der Waals surface area contributed by atoms with E-state index in [0.717, 1.165) is 19.3 Å². The van der Waals surface area contributed by atoms with Crippen molar-refractivity contribution in [2.75, 3.05) is 14.2 Å². The van der Waals surface area contributed by atoms with Crippen LogP contribution >= 0.6 is 22.9 Å². The van der Waals surface area contributed by atoms with E-state index in [4.69, 9.17) is 26.1 Å². The van der Waals surface area contributed by atoms with Gasteiger partial charge in [-0.3, -0.25) is 9.79 Å². The van der Waals surface area contributed by atoms with Crippen LogP contribution in [0.25, 0.3) is 0 Å². The molecule has 2 aliphatic rings. The Balaban J connectivity index is 1.86. The van der Waals surface area contributed by atoms with Crippen molar-refractivity contribution in [3.63, 3.8) is 0 Å². The highest BCUT2D eigenvalue weighted by Crippen LogP contribution is 2.42. The van der Waals surface area contributed by atoms with Crippen LogP contribution in [0, 0.1) is 17.7 Å². The molecule has 1 aliphatic carbocycles. The Morgan fingerprint density at radius 1 is 1.24 bits per heavy atom. The lowest BCUT2D eigenvalue weighted by atomic mass is 9.77. The number of amidine groups is 1. The van der Waals surface area contributed by atoms with Crippen LogP contribution in [-0.4, -0.2) is 37.0 Å². The number of methoxy groups -OCH3 is 2. The molecule has 10 heteroatoms. The van der Waals surface area contributed by atoms with E-state index in [2.05, 4.69) is 10.3 Å². The molecule has 0 bridgehead atoms. The number of thiazole rings is 1. The number of ether oxygens (including phenoxy) is 2. The van der Waals surface area contributed by atoms with E-state index in [1.807, 2.05) is 5.38 Å². The van der Waals surface area contributed by atoms with Gasteiger partial charge < -0.3 is 14.8 Å². The van der Waals surface area contributed by atoms with E-state index in [9.17, 15) is 14.0 Å². The number of esters is 2. The molecule has 0 saturated heterocycles. The molecule has 0 radical (unpaired) electrons. The van der Waals surface area contributed by atoms with Crippen LogP contribution in [0.1, 0.15) is 42.3 Å². The molecule has 174 valence electrons. The predicted octanol–water partition coefficient (Wildman–Crippen LogP) is 4.43. The fourth-order valence-electron chi connectivity index (χ4n) is 4.46. The normalized spacial score (nSPS) is 22.9. The Morgan fingerprint density at radius 3 is 2.76 bits per heavy atom. The first-order valence-corrected chi connectivity index (χ1v) is 11.8. The number of benzene rings is 1. The quantitative estimate of drug-likeness (QED) is 0.622. The fraction of sp³-hybridized carbons (Fsp3) is 0.391. The topological polar surface area (TPSA) is 89.9 Å². The third-order valence-corrected chi connectivity index (χ3v) is 7.19. The number of aromatic nitrogens is 1. The molecular weight excluding hydrogens is 469 g/mol. The zero-order valence-corrected chi connectivity index (χ0v) is 19.7. The SMILES string of the molecule is COC(=O)C1=C(C2CCCC(C(=O)OC)C2)NC(c2nccs2)=NC1c1cccc(F)c1Cl. The first-order valence-electron chi connectivity index (χ1n) is 10.5. The van der Waals surface area contributed by atoms with Crippen molar-refractivity contribution in [1.29, 1.82) is 0 Å². The summed E-state index contributed by atoms with van der Waals surface area (Å²) in [6, 6.07) is 3.53. The first kappa shape index (κ1) is 23.4. The number of allylic oxidation sites excluding steroid dienone is 1. The molecule has 4 rings (SSSR count). The molecule has 1 N–H and O–H groups in total. The summed E-state index contributed by atoms with van der Waals surface area (Å²) >= 11 is 7.70. The van der Waals surface area contributed by atoms with Crippen LogP contribution in [0.4, 0.5) is 4.39 Å². The van der Waals surface area contributed by atoms with Crippen LogP contribution in [0.15, 0.2) is 46.0 Å². The van der Waals surface area contributed by atoms with Gasteiger partial charge in [-0.25, -0.2) is 14.2 Å². The highest BCUT2D eigenvalue weighted by molar-refractivity contribution is 7.11. The Morgan fingerprint density at radius 2 is 2.06 bits per heavy atom. The zero-order chi connectivity index (χ0) is 23.5. The van der Waals surface area contributed by atoms with Gasteiger partial charge in [-0.1, -0.05) is 30.2 Å². The minimum absolute atomic E-state index is 0.108. The predicted molar refractivity (Wildman–Crippen MR) is 122 cm³/mol. The van der Waals surface area contributed by atoms with Crippen molar-refractivity contribution in [2.24, 2.45) is 16.8 Å². The summed E-state index contributed by atoms with van der Waals surface area (Å²) in [4.78, 5) is 34.3. The van der Waals surface area contributed by atoms with E-state index < -0.39 is 17.8 Å². The smallest absolute Gasteiger partial charge is 0.338 e. The standard InChI is InChI=1S/C23H23ClFN3O4S/c1-31-22(29)13-6-3-5-12(11-13)18-16(23(30)32-2)19(14-7-4-8-15(25)17(14)24)28-20(27-18)21-26-9-10-33-21/h4,7-10,12-13,19H,3,5-6,11H2,1-2H3,(H,27,28). The maximum Gasteiger partial charge on any atom is 0.338 e. The molecule has 3 unspecified atom stereocenters. The van der Waals surface area contributed by atoms with Crippen molar-refractivity contribution in [3.8, 4) is 0 Å². The van der Waals surface area contributed by atoms with E-state index in [-0.39, 0.29) is 28.4 Å². The number of hydrogen-bond donors (Lipinski definition) is 1. The van der Waals surface area contributed by atoms with Gasteiger partial charge in [0.25, 0.3) is 0 Å². The lowest BCUT2D eigenvalue weighted by molar-refractivity contribution is -0.146. The summed E-state index contributed by atoms with van der Waals surface area (Å²) in [6.07, 6.45) is 4.42. The van der Waals surface area contributed by atoms with Crippen LogP contribution in [-0.2, 0) is 19.1 Å². The van der Waals surface area contributed by atoms with Gasteiger partial charge in [-0.05, 0) is 25.3 Å². The van der Waals surface area contributed by atoms with Crippen molar-refractivity contribution in [3.05, 3.63) is 62.5 Å². The molecule has 2 heterocycles. The first-order chi connectivity index (χ1) is 15.9. The average Bonchev–Trinajstić information content (AvgIpc) is 3.39. The number of carbonyl (C=O) groups is 2. The van der Waals surface area contributed by atoms with E-state index in [1.165, 1.54) is 37.7 Å². The van der Waals surface area contributed by atoms with Gasteiger partial charge in [0.1, 0.15) is 11.9 Å². The third kappa shape index (κ3) is 4.65. The maximum atomic E-state index is 14.4. The Kier molecular flexibility index (Phi) is 7.09. The maximum absolute atomic E-state index is 14.4. The molecule has 1 fully saturated rings. The summed E-state index contributed by atoms with van der Waals surface area (Å²) in [5.41, 5.74) is 1.20. The van der Waals surface area contributed by atoms with E-state index >= 15 is 0 Å². The van der Waals surface area contributed by atoms with Crippen molar-refractivity contribution >= 4 is 40.7 Å². The van der Waals surface area contributed by atoms with Crippen LogP contribution in [0.3, 0.4) is 0 Å². The summed E-state index contributed by atoms with van der Waals surface area (Å²) in [7, 11) is 2.66. The van der Waals surface area contributed by atoms with Crippen molar-refractivity contribution < 1.29 is 23.5 Å². The molecule has 0 spiro atoms. The Bertz CT molecular complexity index is 1120. The molecule has 1 saturated carbocycles. The minimum Gasteiger partial charge on any atom is -0.469 e. The lowest BCUT2D eigenvalue weighted by Gasteiger charge is -2.35. The van der Waals surface area contributed by atoms with Crippen LogP contribution in [0.5, 0.6) is 0 Å². The summed E-state index contributed by atoms with van der Waals surface area (Å²) in [6.45, 7) is 0. The van der Waals surface area contributed by atoms with Gasteiger partial charge in [0.2, 0.25) is 0 Å². The fourth-order valence-corrected chi connectivity index (χ4v) is 5.28. The molecular formula is C23H23ClFN3O4S. The summed E-state index contributed by atoms with van der Waals surface area (Å²) < 4.78 is 24.4. The van der Waals surface area contributed by atoms with Gasteiger partial charge in [0, 0.05) is 28.8 Å². The number of halogens is 2. The second-order valence-electron chi connectivity index (χ2n) is 7.89. The third-order valence-electron chi connectivity index (χ3n) is 6.01. The van der Waals surface area contributed by atoms with Crippen LogP contribution in [0.2, 0.25) is 5.02 Å². The molecule has 1 aliphatic heterocycles. The van der Waals surface area contributed by atoms with Gasteiger partial charge in [-0.2, -0.15) is 0 Å². The second-order valence-corrected chi connectivity index (χ2v) is 9.16. The molecule has 1 aromatic heterocycles. The van der Waals surface area contributed by atoms with E-state index in [1.54, 1.807) is 12.3 Å². The van der Waals surface area contributed by atoms with Gasteiger partial charge in [0.05, 0.1) is 30.7 Å². The van der Waals surface area contributed by atoms with Gasteiger partial charge >= 0.3 is 11.9 Å². The van der Waals surface area contributed by atoms with Crippen molar-refractivity contribution in [1.82, 2.24) is 10.3 Å². The summed E-state index contributed by atoms with van der Waals surface area (Å²) in [5, 5.41) is 5.62. The van der Waals surface area contributed by atoms with Gasteiger partial charge in [0.15, 0.2) is 10.8 Å². The second kappa shape index (κ2) is 10.0. The monoisotopic (exact) mass is 491 g/mol. The molecule has 2 aromatic rings. The molecule has 1 aromatic carbocycles. The Hall–Kier alpha value is -2.78. The molecule has 3 atom stereocenters. The van der Waals surface area contributed by atoms with Crippen LogP contribution < -0.4 is 5.32 Å². The number of rotatable bonds is 5. The molecule has 7 nitrogen and oxygen atoms in total. The number of nitrogens with one attached hydrogen (secondary N) is 1.